The molecule has 6 aromatic carbocycles. The molecule has 0 spiro atoms. The van der Waals surface area contributed by atoms with E-state index in [2.05, 4.69) is 204 Å². The zero-order chi connectivity index (χ0) is 35.8. The smallest absolute Gasteiger partial charge is 0.0999 e. The van der Waals surface area contributed by atoms with Crippen molar-refractivity contribution in [3.63, 3.8) is 0 Å². The Labute approximate surface area is 320 Å². The first-order valence-electron chi connectivity index (χ1n) is 18.4. The maximum absolute atomic E-state index is 2.48. The van der Waals surface area contributed by atoms with Crippen LogP contribution in [-0.2, 0) is 5.41 Å². The zero-order valence-corrected chi connectivity index (χ0v) is 31.6. The van der Waals surface area contributed by atoms with E-state index in [4.69, 9.17) is 0 Å². The van der Waals surface area contributed by atoms with E-state index in [1.54, 1.807) is 22.7 Å². The van der Waals surface area contributed by atoms with E-state index in [1.807, 2.05) is 0 Å². The van der Waals surface area contributed by atoms with Gasteiger partial charge in [-0.15, -0.1) is 22.7 Å². The number of thiophene rings is 2. The van der Waals surface area contributed by atoms with Gasteiger partial charge in [-0.2, -0.15) is 0 Å². The van der Waals surface area contributed by atoms with Crippen molar-refractivity contribution in [3.8, 4) is 33.4 Å². The zero-order valence-electron chi connectivity index (χ0n) is 29.9. The van der Waals surface area contributed by atoms with E-state index < -0.39 is 0 Å². The highest BCUT2D eigenvalue weighted by Crippen LogP contribution is 2.56. The quantitative estimate of drug-likeness (QED) is 0.139. The first-order valence-corrected chi connectivity index (χ1v) is 20.2. The molecule has 0 aliphatic heterocycles. The molecule has 0 unspecified atom stereocenters. The van der Waals surface area contributed by atoms with Crippen LogP contribution >= 0.6 is 22.7 Å². The molecule has 53 heavy (non-hydrogen) atoms. The van der Waals surface area contributed by atoms with Crippen LogP contribution in [0.3, 0.4) is 0 Å². The third-order valence-electron chi connectivity index (χ3n) is 11.0. The first kappa shape index (κ1) is 33.2. The number of benzene rings is 6. The van der Waals surface area contributed by atoms with Crippen molar-refractivity contribution in [1.82, 2.24) is 0 Å². The Morgan fingerprint density at radius 1 is 0.396 bits per heavy atom. The Balaban J connectivity index is 1.12. The van der Waals surface area contributed by atoms with Crippen molar-refractivity contribution in [3.05, 3.63) is 192 Å². The van der Waals surface area contributed by atoms with Crippen molar-refractivity contribution in [2.24, 2.45) is 0 Å². The van der Waals surface area contributed by atoms with Gasteiger partial charge < -0.3 is 9.80 Å². The second kappa shape index (κ2) is 14.0. The summed E-state index contributed by atoms with van der Waals surface area (Å²) in [6.45, 7) is 4.72. The Morgan fingerprint density at radius 3 is 1.13 bits per heavy atom. The summed E-state index contributed by atoms with van der Waals surface area (Å²) in [6, 6.07) is 62.3. The summed E-state index contributed by atoms with van der Waals surface area (Å²) in [5.74, 6) is 0. The Morgan fingerprint density at radius 2 is 0.774 bits per heavy atom. The maximum atomic E-state index is 2.48. The van der Waals surface area contributed by atoms with E-state index >= 15 is 0 Å². The van der Waals surface area contributed by atoms with Crippen molar-refractivity contribution in [2.75, 3.05) is 9.80 Å². The normalized spacial score (nSPS) is 12.6. The highest BCUT2D eigenvalue weighted by atomic mass is 32.1. The third-order valence-corrected chi connectivity index (χ3v) is 12.7. The highest BCUT2D eigenvalue weighted by molar-refractivity contribution is 7.14. The number of anilines is 6. The highest BCUT2D eigenvalue weighted by Gasteiger charge is 2.41. The summed E-state index contributed by atoms with van der Waals surface area (Å²) in [4.78, 5) is 4.84. The summed E-state index contributed by atoms with van der Waals surface area (Å²) in [7, 11) is 0. The average molecular weight is 721 g/mol. The Bertz CT molecular complexity index is 2270. The standard InChI is InChI=1S/C49H40N2S2/c1-3-49(4-2)45-33-41(50(47-17-11-31-52-47)39-23-19-37(20-24-39)35-13-7-5-8-14-35)27-29-43(45)44-30-28-42(34-46(44)49)51(48-18-12-32-53-48)40-25-21-38(22-26-40)36-15-9-6-10-16-36/h5-34H,3-4H2,1-2H3. The van der Waals surface area contributed by atoms with Crippen molar-refractivity contribution in [1.29, 1.82) is 0 Å². The second-order valence-electron chi connectivity index (χ2n) is 13.6. The number of hydrogen-bond acceptors (Lipinski definition) is 4. The lowest BCUT2D eigenvalue weighted by atomic mass is 9.73. The topological polar surface area (TPSA) is 6.48 Å². The van der Waals surface area contributed by atoms with Gasteiger partial charge >= 0.3 is 0 Å². The minimum Gasteiger partial charge on any atom is -0.302 e. The van der Waals surface area contributed by atoms with E-state index in [9.17, 15) is 0 Å². The molecule has 0 saturated heterocycles. The molecule has 0 radical (unpaired) electrons. The molecule has 0 fully saturated rings. The molecule has 258 valence electrons. The van der Waals surface area contributed by atoms with Gasteiger partial charge in [0.15, 0.2) is 0 Å². The van der Waals surface area contributed by atoms with Gasteiger partial charge in [0.1, 0.15) is 0 Å². The predicted octanol–water partition coefficient (Wildman–Crippen LogP) is 15.2. The number of rotatable bonds is 10. The van der Waals surface area contributed by atoms with Crippen LogP contribution in [-0.4, -0.2) is 0 Å². The lowest BCUT2D eigenvalue weighted by Crippen LogP contribution is -2.24. The summed E-state index contributed by atoms with van der Waals surface area (Å²) >= 11 is 3.55. The molecule has 2 heterocycles. The summed E-state index contributed by atoms with van der Waals surface area (Å²) < 4.78 is 0. The van der Waals surface area contributed by atoms with Crippen molar-refractivity contribution >= 4 is 55.4 Å². The maximum Gasteiger partial charge on any atom is 0.0999 e. The van der Waals surface area contributed by atoms with Gasteiger partial charge in [-0.3, -0.25) is 0 Å². The molecular formula is C49H40N2S2. The molecule has 0 N–H and O–H groups in total. The molecule has 9 rings (SSSR count). The predicted molar refractivity (Wildman–Crippen MR) is 229 cm³/mol. The monoisotopic (exact) mass is 720 g/mol. The number of fused-ring (bicyclic) bond motifs is 3. The van der Waals surface area contributed by atoms with Crippen LogP contribution in [0.2, 0.25) is 0 Å². The summed E-state index contributed by atoms with van der Waals surface area (Å²) in [5, 5.41) is 6.75. The molecule has 0 amide bonds. The van der Waals surface area contributed by atoms with Gasteiger partial charge in [0.25, 0.3) is 0 Å². The molecule has 1 aliphatic rings. The minimum atomic E-state index is -0.104. The Hall–Kier alpha value is -5.68. The molecule has 0 atom stereocenters. The van der Waals surface area contributed by atoms with Crippen molar-refractivity contribution < 1.29 is 0 Å². The molecule has 0 bridgehead atoms. The van der Waals surface area contributed by atoms with E-state index in [-0.39, 0.29) is 5.41 Å². The van der Waals surface area contributed by atoms with E-state index in [1.165, 1.54) is 65.9 Å². The number of hydrogen-bond donors (Lipinski definition) is 0. The van der Waals surface area contributed by atoms with Gasteiger partial charge in [-0.1, -0.05) is 111 Å². The van der Waals surface area contributed by atoms with Crippen LogP contribution in [0.4, 0.5) is 32.8 Å². The molecular weight excluding hydrogens is 681 g/mol. The molecule has 2 nitrogen and oxygen atoms in total. The van der Waals surface area contributed by atoms with Crippen LogP contribution in [0.5, 0.6) is 0 Å². The largest absolute Gasteiger partial charge is 0.302 e. The van der Waals surface area contributed by atoms with Gasteiger partial charge in [-0.05, 0) is 141 Å². The van der Waals surface area contributed by atoms with Gasteiger partial charge in [0.05, 0.1) is 10.0 Å². The molecule has 2 aromatic heterocycles. The van der Waals surface area contributed by atoms with Crippen LogP contribution in [0.1, 0.15) is 37.8 Å². The van der Waals surface area contributed by atoms with Crippen LogP contribution in [0.15, 0.2) is 181 Å². The summed E-state index contributed by atoms with van der Waals surface area (Å²) in [5.41, 5.74) is 15.0. The third kappa shape index (κ3) is 5.89. The lowest BCUT2D eigenvalue weighted by molar-refractivity contribution is 0.490. The van der Waals surface area contributed by atoms with Gasteiger partial charge in [-0.25, -0.2) is 0 Å². The van der Waals surface area contributed by atoms with Gasteiger partial charge in [0, 0.05) is 28.2 Å². The Kier molecular flexibility index (Phi) is 8.79. The second-order valence-corrected chi connectivity index (χ2v) is 15.5. The fraction of sp³-hybridized carbons (Fsp3) is 0.102. The average Bonchev–Trinajstić information content (AvgIpc) is 4.01. The SMILES string of the molecule is CCC1(CC)c2cc(N(c3ccc(-c4ccccc4)cc3)c3cccs3)ccc2-c2ccc(N(c3ccc(-c4ccccc4)cc3)c3cccs3)cc21. The summed E-state index contributed by atoms with van der Waals surface area (Å²) in [6.07, 6.45) is 2.04. The molecule has 4 heteroatoms. The fourth-order valence-corrected chi connectivity index (χ4v) is 9.77. The van der Waals surface area contributed by atoms with Crippen molar-refractivity contribution in [2.45, 2.75) is 32.1 Å². The van der Waals surface area contributed by atoms with E-state index in [0.717, 1.165) is 24.2 Å². The van der Waals surface area contributed by atoms with Crippen LogP contribution < -0.4 is 9.80 Å². The molecule has 8 aromatic rings. The number of nitrogens with zero attached hydrogens (tertiary/aromatic N) is 2. The lowest BCUT2D eigenvalue weighted by Gasteiger charge is -2.32. The molecule has 0 saturated carbocycles. The van der Waals surface area contributed by atoms with Crippen LogP contribution in [0.25, 0.3) is 33.4 Å². The minimum absolute atomic E-state index is 0.104. The van der Waals surface area contributed by atoms with E-state index in [0.29, 0.717) is 0 Å². The van der Waals surface area contributed by atoms with Gasteiger partial charge in [0.2, 0.25) is 0 Å². The van der Waals surface area contributed by atoms with Crippen LogP contribution in [0, 0.1) is 0 Å². The molecule has 1 aliphatic carbocycles. The first-order chi connectivity index (χ1) is 26.2. The fourth-order valence-electron chi connectivity index (χ4n) is 8.23.